The molecule has 0 aliphatic carbocycles. The molecule has 1 aliphatic rings. The maximum atomic E-state index is 13.3. The number of fused-ring (bicyclic) bond motifs is 1. The molecular weight excluding hydrogens is 472 g/mol. The molecule has 0 radical (unpaired) electrons. The fourth-order valence-electron chi connectivity index (χ4n) is 4.21. The number of carbonyl (C=O) groups excluding carboxylic acids is 2. The Hall–Kier alpha value is -3.17. The molecular formula is C25H26N2O5S2. The molecule has 0 fully saturated rings. The van der Waals surface area contributed by atoms with Crippen LogP contribution in [0.2, 0.25) is 0 Å². The number of anilines is 1. The van der Waals surface area contributed by atoms with Crippen LogP contribution in [0.1, 0.15) is 47.8 Å². The molecule has 1 aliphatic heterocycles. The first-order valence-corrected chi connectivity index (χ1v) is 13.1. The van der Waals surface area contributed by atoms with Crippen LogP contribution >= 0.6 is 11.3 Å². The normalized spacial score (nSPS) is 13.4. The lowest BCUT2D eigenvalue weighted by Crippen LogP contribution is -2.35. The first-order chi connectivity index (χ1) is 16.1. The largest absolute Gasteiger partial charge is 0.465 e. The summed E-state index contributed by atoms with van der Waals surface area (Å²) in [5, 5.41) is 0. The lowest BCUT2D eigenvalue weighted by molar-refractivity contribution is 0.0595. The van der Waals surface area contributed by atoms with Gasteiger partial charge in [0.1, 0.15) is 0 Å². The van der Waals surface area contributed by atoms with Crippen molar-refractivity contribution in [3.63, 3.8) is 0 Å². The number of para-hydroxylation sites is 1. The summed E-state index contributed by atoms with van der Waals surface area (Å²) in [4.78, 5) is 28.2. The molecule has 2 heterocycles. The van der Waals surface area contributed by atoms with Crippen molar-refractivity contribution in [1.29, 1.82) is 0 Å². The van der Waals surface area contributed by atoms with Crippen LogP contribution in [0.3, 0.4) is 0 Å². The molecule has 178 valence electrons. The van der Waals surface area contributed by atoms with Gasteiger partial charge < -0.3 is 9.64 Å². The number of hydrogen-bond acceptors (Lipinski definition) is 6. The Bertz CT molecular complexity index is 1370. The second-order valence-corrected chi connectivity index (χ2v) is 11.4. The average Bonchev–Trinajstić information content (AvgIpc) is 3.18. The van der Waals surface area contributed by atoms with Gasteiger partial charge in [-0.1, -0.05) is 35.4 Å². The molecule has 9 heteroatoms. The van der Waals surface area contributed by atoms with Gasteiger partial charge in [0.25, 0.3) is 15.9 Å². The lowest BCUT2D eigenvalue weighted by atomic mass is 10.0. The highest BCUT2D eigenvalue weighted by Gasteiger charge is 2.35. The molecule has 0 saturated carbocycles. The molecule has 4 rings (SSSR count). The zero-order chi connectivity index (χ0) is 24.6. The molecule has 0 atom stereocenters. The fraction of sp³-hybridized carbons (Fsp3) is 0.280. The summed E-state index contributed by atoms with van der Waals surface area (Å²) in [6.45, 7) is 6.30. The van der Waals surface area contributed by atoms with Crippen molar-refractivity contribution in [2.24, 2.45) is 0 Å². The molecule has 34 heavy (non-hydrogen) atoms. The predicted molar refractivity (Wildman–Crippen MR) is 132 cm³/mol. The van der Waals surface area contributed by atoms with Gasteiger partial charge in [-0.2, -0.15) is 0 Å². The van der Waals surface area contributed by atoms with Crippen LogP contribution in [0.4, 0.5) is 5.69 Å². The number of ether oxygens (including phenoxy) is 1. The minimum absolute atomic E-state index is 0.0575. The Balaban J connectivity index is 1.71. The summed E-state index contributed by atoms with van der Waals surface area (Å²) >= 11 is 1.02. The molecule has 7 nitrogen and oxygen atoms in total. The Morgan fingerprint density at radius 2 is 1.74 bits per heavy atom. The summed E-state index contributed by atoms with van der Waals surface area (Å²) in [6, 6.07) is 12.7. The first-order valence-electron chi connectivity index (χ1n) is 10.8. The van der Waals surface area contributed by atoms with Gasteiger partial charge in [0.2, 0.25) is 0 Å². The number of nitrogens with one attached hydrogen (secondary N) is 1. The maximum absolute atomic E-state index is 13.3. The summed E-state index contributed by atoms with van der Waals surface area (Å²) in [6.07, 6.45) is 0.368. The van der Waals surface area contributed by atoms with Crippen molar-refractivity contribution >= 4 is 38.9 Å². The van der Waals surface area contributed by atoms with Crippen molar-refractivity contribution < 1.29 is 22.7 Å². The van der Waals surface area contributed by atoms with E-state index in [1.54, 1.807) is 30.0 Å². The summed E-state index contributed by atoms with van der Waals surface area (Å²) < 4.78 is 34.1. The van der Waals surface area contributed by atoms with Crippen molar-refractivity contribution in [3.05, 3.63) is 80.7 Å². The zero-order valence-electron chi connectivity index (χ0n) is 19.5. The average molecular weight is 499 g/mol. The van der Waals surface area contributed by atoms with Crippen LogP contribution in [0.5, 0.6) is 0 Å². The third kappa shape index (κ3) is 4.58. The molecule has 2 aromatic carbocycles. The molecule has 3 aromatic rings. The van der Waals surface area contributed by atoms with E-state index >= 15 is 0 Å². The predicted octanol–water partition coefficient (Wildman–Crippen LogP) is 4.46. The number of methoxy groups -OCH3 is 1. The second kappa shape index (κ2) is 9.23. The van der Waals surface area contributed by atoms with E-state index in [0.29, 0.717) is 34.7 Å². The first kappa shape index (κ1) is 24.0. The molecule has 1 N–H and O–H groups in total. The van der Waals surface area contributed by atoms with Gasteiger partial charge in [-0.25, -0.2) is 13.2 Å². The molecule has 0 unspecified atom stereocenters. The highest BCUT2D eigenvalue weighted by atomic mass is 32.2. The minimum Gasteiger partial charge on any atom is -0.465 e. The maximum Gasteiger partial charge on any atom is 0.340 e. The third-order valence-corrected chi connectivity index (χ3v) is 8.90. The lowest BCUT2D eigenvalue weighted by Gasteiger charge is -2.27. The smallest absolute Gasteiger partial charge is 0.340 e. The van der Waals surface area contributed by atoms with Crippen LogP contribution in [-0.4, -0.2) is 38.8 Å². The molecule has 1 amide bonds. The monoisotopic (exact) mass is 498 g/mol. The number of carbonyl (C=O) groups is 2. The van der Waals surface area contributed by atoms with Crippen LogP contribution < -0.4 is 4.72 Å². The topological polar surface area (TPSA) is 92.8 Å². The van der Waals surface area contributed by atoms with E-state index in [2.05, 4.69) is 4.72 Å². The van der Waals surface area contributed by atoms with E-state index < -0.39 is 16.0 Å². The molecule has 0 saturated heterocycles. The van der Waals surface area contributed by atoms with Gasteiger partial charge in [0.15, 0.2) is 4.21 Å². The molecule has 0 bridgehead atoms. The summed E-state index contributed by atoms with van der Waals surface area (Å²) in [5.41, 5.74) is 4.49. The quantitative estimate of drug-likeness (QED) is 0.525. The molecule has 1 aromatic heterocycles. The number of thiophene rings is 1. The number of benzene rings is 2. The fourth-order valence-corrected chi connectivity index (χ4v) is 7.24. The number of nitrogens with zero attached hydrogens (tertiary/aromatic N) is 1. The van der Waals surface area contributed by atoms with E-state index in [1.165, 1.54) is 7.11 Å². The Morgan fingerprint density at radius 3 is 2.38 bits per heavy atom. The van der Waals surface area contributed by atoms with Gasteiger partial charge in [-0.15, -0.1) is 11.3 Å². The van der Waals surface area contributed by atoms with Crippen molar-refractivity contribution in [3.8, 4) is 0 Å². The molecule has 0 spiro atoms. The van der Waals surface area contributed by atoms with E-state index in [4.69, 9.17) is 4.74 Å². The Morgan fingerprint density at radius 1 is 1.06 bits per heavy atom. The minimum atomic E-state index is -4.05. The van der Waals surface area contributed by atoms with Crippen LogP contribution in [0, 0.1) is 20.8 Å². The van der Waals surface area contributed by atoms with Crippen molar-refractivity contribution in [2.45, 2.75) is 37.9 Å². The highest BCUT2D eigenvalue weighted by molar-refractivity contribution is 7.94. The SMILES string of the molecule is COC(=O)c1c(S(=O)(=O)Nc2ccccc2C)sc2c1CCN(C(=O)c1cc(C)cc(C)c1)C2. The Kier molecular flexibility index (Phi) is 6.51. The van der Waals surface area contributed by atoms with Crippen molar-refractivity contribution in [2.75, 3.05) is 18.4 Å². The second-order valence-electron chi connectivity index (χ2n) is 8.43. The van der Waals surface area contributed by atoms with Crippen molar-refractivity contribution in [1.82, 2.24) is 4.90 Å². The van der Waals surface area contributed by atoms with Gasteiger partial charge in [-0.05, 0) is 56.5 Å². The van der Waals surface area contributed by atoms with Gasteiger partial charge in [0.05, 0.1) is 24.9 Å². The van der Waals surface area contributed by atoms with E-state index in [0.717, 1.165) is 28.0 Å². The van der Waals surface area contributed by atoms with Crippen LogP contribution in [-0.2, 0) is 27.7 Å². The Labute approximate surface area is 203 Å². The number of hydrogen-bond donors (Lipinski definition) is 1. The number of rotatable bonds is 5. The van der Waals surface area contributed by atoms with Gasteiger partial charge in [0, 0.05) is 17.0 Å². The number of amides is 1. The van der Waals surface area contributed by atoms with E-state index in [9.17, 15) is 18.0 Å². The number of sulfonamides is 1. The van der Waals surface area contributed by atoms with Crippen LogP contribution in [0.25, 0.3) is 0 Å². The van der Waals surface area contributed by atoms with Gasteiger partial charge in [-0.3, -0.25) is 9.52 Å². The van der Waals surface area contributed by atoms with Crippen LogP contribution in [0.15, 0.2) is 46.7 Å². The zero-order valence-corrected chi connectivity index (χ0v) is 21.1. The third-order valence-electron chi connectivity index (χ3n) is 5.80. The summed E-state index contributed by atoms with van der Waals surface area (Å²) in [7, 11) is -2.82. The standard InChI is InChI=1S/C25H26N2O5S2/c1-15-11-16(2)13-18(12-15)23(28)27-10-9-19-21(14-27)33-25(22(19)24(29)32-4)34(30,31)26-20-8-6-5-7-17(20)3/h5-8,11-13,26H,9-10,14H2,1-4H3. The highest BCUT2D eigenvalue weighted by Crippen LogP contribution is 2.38. The van der Waals surface area contributed by atoms with E-state index in [-0.39, 0.29) is 22.2 Å². The number of esters is 1. The van der Waals surface area contributed by atoms with Gasteiger partial charge >= 0.3 is 5.97 Å². The van der Waals surface area contributed by atoms with E-state index in [1.807, 2.05) is 38.1 Å². The summed E-state index contributed by atoms with van der Waals surface area (Å²) in [5.74, 6) is -0.815. The number of aryl methyl sites for hydroxylation is 3.